The maximum Gasteiger partial charge on any atom is 0.242 e. The number of halogens is 1. The number of benzene rings is 2. The molecule has 3 aromatic rings. The molecular formula is C22H27ClN4O3S. The van der Waals surface area contributed by atoms with E-state index in [-0.39, 0.29) is 23.3 Å². The molecule has 9 heteroatoms. The number of amides is 1. The Bertz CT molecular complexity index is 1200. The molecule has 166 valence electrons. The van der Waals surface area contributed by atoms with E-state index >= 15 is 0 Å². The van der Waals surface area contributed by atoms with Crippen LogP contribution in [0.3, 0.4) is 0 Å². The molecule has 1 unspecified atom stereocenters. The van der Waals surface area contributed by atoms with Gasteiger partial charge in [-0.2, -0.15) is 0 Å². The van der Waals surface area contributed by atoms with Crippen molar-refractivity contribution in [2.75, 3.05) is 14.1 Å². The third kappa shape index (κ3) is 4.92. The van der Waals surface area contributed by atoms with Crippen molar-refractivity contribution in [3.05, 3.63) is 58.9 Å². The molecule has 0 fully saturated rings. The molecule has 1 heterocycles. The Morgan fingerprint density at radius 2 is 1.94 bits per heavy atom. The normalized spacial score (nSPS) is 13.0. The average Bonchev–Trinajstić information content (AvgIpc) is 3.09. The standard InChI is InChI=1S/C22H27ClN4O3S/c1-5-27-20-11-10-16(31(29,30)26(3)4)14-19(20)25-21(27)12-13-22(28)24-15(2)17-8-6-7-9-18(17)23/h6-11,14-15H,5,12-13H2,1-4H3,(H,24,28). The van der Waals surface area contributed by atoms with E-state index in [9.17, 15) is 13.2 Å². The zero-order valence-electron chi connectivity index (χ0n) is 18.1. The Labute approximate surface area is 188 Å². The van der Waals surface area contributed by atoms with Crippen molar-refractivity contribution in [2.24, 2.45) is 0 Å². The van der Waals surface area contributed by atoms with Gasteiger partial charge in [-0.15, -0.1) is 0 Å². The van der Waals surface area contributed by atoms with E-state index in [1.54, 1.807) is 24.3 Å². The minimum atomic E-state index is -3.54. The number of fused-ring (bicyclic) bond motifs is 1. The van der Waals surface area contributed by atoms with Gasteiger partial charge in [0, 0.05) is 38.5 Å². The molecule has 1 atom stereocenters. The predicted molar refractivity (Wildman–Crippen MR) is 123 cm³/mol. The van der Waals surface area contributed by atoms with Crippen LogP contribution in [0.4, 0.5) is 0 Å². The van der Waals surface area contributed by atoms with Gasteiger partial charge in [-0.05, 0) is 43.7 Å². The second kappa shape index (κ2) is 9.38. The lowest BCUT2D eigenvalue weighted by atomic mass is 10.1. The van der Waals surface area contributed by atoms with E-state index in [0.717, 1.165) is 16.9 Å². The van der Waals surface area contributed by atoms with Gasteiger partial charge in [0.15, 0.2) is 0 Å². The van der Waals surface area contributed by atoms with E-state index in [0.29, 0.717) is 23.5 Å². The lowest BCUT2D eigenvalue weighted by Crippen LogP contribution is -2.27. The number of carbonyl (C=O) groups is 1. The van der Waals surface area contributed by atoms with Crippen molar-refractivity contribution >= 4 is 38.6 Å². The Balaban J connectivity index is 1.76. The van der Waals surface area contributed by atoms with Crippen LogP contribution < -0.4 is 5.32 Å². The fraction of sp³-hybridized carbons (Fsp3) is 0.364. The first kappa shape index (κ1) is 23.2. The number of rotatable bonds is 8. The first-order valence-electron chi connectivity index (χ1n) is 10.1. The number of aryl methyl sites for hydroxylation is 2. The second-order valence-electron chi connectivity index (χ2n) is 7.52. The third-order valence-electron chi connectivity index (χ3n) is 5.22. The lowest BCUT2D eigenvalue weighted by molar-refractivity contribution is -0.121. The van der Waals surface area contributed by atoms with Crippen LogP contribution in [0, 0.1) is 0 Å². The van der Waals surface area contributed by atoms with Crippen LogP contribution >= 0.6 is 11.6 Å². The minimum Gasteiger partial charge on any atom is -0.350 e. The van der Waals surface area contributed by atoms with Gasteiger partial charge >= 0.3 is 0 Å². The summed E-state index contributed by atoms with van der Waals surface area (Å²) >= 11 is 6.21. The molecule has 2 aromatic carbocycles. The molecule has 0 radical (unpaired) electrons. The number of carbonyl (C=O) groups excluding carboxylic acids is 1. The van der Waals surface area contributed by atoms with Crippen LogP contribution in [0.5, 0.6) is 0 Å². The molecule has 0 aliphatic heterocycles. The van der Waals surface area contributed by atoms with Crippen LogP contribution in [0.25, 0.3) is 11.0 Å². The zero-order chi connectivity index (χ0) is 22.8. The summed E-state index contributed by atoms with van der Waals surface area (Å²) in [5.74, 6) is 0.649. The highest BCUT2D eigenvalue weighted by atomic mass is 35.5. The summed E-state index contributed by atoms with van der Waals surface area (Å²) in [4.78, 5) is 17.3. The highest BCUT2D eigenvalue weighted by molar-refractivity contribution is 7.89. The Hall–Kier alpha value is -2.42. The van der Waals surface area contributed by atoms with Crippen LogP contribution in [-0.4, -0.2) is 42.3 Å². The topological polar surface area (TPSA) is 84.3 Å². The van der Waals surface area contributed by atoms with E-state index in [1.165, 1.54) is 18.4 Å². The number of nitrogens with one attached hydrogen (secondary N) is 1. The summed E-state index contributed by atoms with van der Waals surface area (Å²) in [5.41, 5.74) is 2.32. The average molecular weight is 463 g/mol. The maximum absolute atomic E-state index is 12.5. The van der Waals surface area contributed by atoms with Gasteiger partial charge in [-0.25, -0.2) is 17.7 Å². The fourth-order valence-electron chi connectivity index (χ4n) is 3.52. The summed E-state index contributed by atoms with van der Waals surface area (Å²) in [6, 6.07) is 12.2. The molecule has 0 aliphatic rings. The number of imidazole rings is 1. The predicted octanol–water partition coefficient (Wildman–Crippen LogP) is 3.77. The van der Waals surface area contributed by atoms with Crippen molar-refractivity contribution < 1.29 is 13.2 Å². The van der Waals surface area contributed by atoms with Gasteiger partial charge in [0.05, 0.1) is 22.0 Å². The molecule has 0 bridgehead atoms. The smallest absolute Gasteiger partial charge is 0.242 e. The molecule has 1 amide bonds. The second-order valence-corrected chi connectivity index (χ2v) is 10.1. The quantitative estimate of drug-likeness (QED) is 0.552. The Kier molecular flexibility index (Phi) is 7.03. The number of hydrogen-bond acceptors (Lipinski definition) is 4. The SMILES string of the molecule is CCn1c(CCC(=O)NC(C)c2ccccc2Cl)nc2cc(S(=O)(=O)N(C)C)ccc21. The molecule has 31 heavy (non-hydrogen) atoms. The van der Waals surface area contributed by atoms with E-state index < -0.39 is 10.0 Å². The monoisotopic (exact) mass is 462 g/mol. The molecular weight excluding hydrogens is 436 g/mol. The Morgan fingerprint density at radius 3 is 2.58 bits per heavy atom. The van der Waals surface area contributed by atoms with Gasteiger partial charge in [0.25, 0.3) is 0 Å². The largest absolute Gasteiger partial charge is 0.350 e. The van der Waals surface area contributed by atoms with Gasteiger partial charge < -0.3 is 9.88 Å². The van der Waals surface area contributed by atoms with Gasteiger partial charge in [0.2, 0.25) is 15.9 Å². The first-order chi connectivity index (χ1) is 14.6. The van der Waals surface area contributed by atoms with E-state index in [1.807, 2.05) is 36.6 Å². The molecule has 0 spiro atoms. The summed E-state index contributed by atoms with van der Waals surface area (Å²) in [5, 5.41) is 3.59. The highest BCUT2D eigenvalue weighted by Gasteiger charge is 2.20. The summed E-state index contributed by atoms with van der Waals surface area (Å²) in [6.07, 6.45) is 0.709. The lowest BCUT2D eigenvalue weighted by Gasteiger charge is -2.15. The molecule has 1 aromatic heterocycles. The number of nitrogens with zero attached hydrogens (tertiary/aromatic N) is 3. The molecule has 0 saturated carbocycles. The molecule has 0 aliphatic carbocycles. The van der Waals surface area contributed by atoms with Gasteiger partial charge in [0.1, 0.15) is 5.82 Å². The number of sulfonamides is 1. The number of aromatic nitrogens is 2. The van der Waals surface area contributed by atoms with Crippen molar-refractivity contribution in [2.45, 2.75) is 44.2 Å². The maximum atomic E-state index is 12.5. The van der Waals surface area contributed by atoms with E-state index in [2.05, 4.69) is 10.3 Å². The third-order valence-corrected chi connectivity index (χ3v) is 7.37. The first-order valence-corrected chi connectivity index (χ1v) is 11.9. The van der Waals surface area contributed by atoms with Crippen LogP contribution in [-0.2, 0) is 27.8 Å². The summed E-state index contributed by atoms with van der Waals surface area (Å²) in [6.45, 7) is 4.56. The molecule has 0 saturated heterocycles. The number of hydrogen-bond donors (Lipinski definition) is 1. The van der Waals surface area contributed by atoms with Crippen molar-refractivity contribution in [3.63, 3.8) is 0 Å². The Morgan fingerprint density at radius 1 is 1.23 bits per heavy atom. The summed E-state index contributed by atoms with van der Waals surface area (Å²) < 4.78 is 28.0. The van der Waals surface area contributed by atoms with Gasteiger partial charge in [-0.3, -0.25) is 4.79 Å². The zero-order valence-corrected chi connectivity index (χ0v) is 19.7. The molecule has 7 nitrogen and oxygen atoms in total. The van der Waals surface area contributed by atoms with Crippen molar-refractivity contribution in [3.8, 4) is 0 Å². The molecule has 3 rings (SSSR count). The minimum absolute atomic E-state index is 0.0991. The van der Waals surface area contributed by atoms with E-state index in [4.69, 9.17) is 11.6 Å². The summed E-state index contributed by atoms with van der Waals surface area (Å²) in [7, 11) is -0.543. The highest BCUT2D eigenvalue weighted by Crippen LogP contribution is 2.24. The van der Waals surface area contributed by atoms with Gasteiger partial charge in [-0.1, -0.05) is 29.8 Å². The fourth-order valence-corrected chi connectivity index (χ4v) is 4.74. The van der Waals surface area contributed by atoms with Crippen LogP contribution in [0.15, 0.2) is 47.4 Å². The van der Waals surface area contributed by atoms with Crippen molar-refractivity contribution in [1.82, 2.24) is 19.2 Å². The van der Waals surface area contributed by atoms with Crippen molar-refractivity contribution in [1.29, 1.82) is 0 Å². The van der Waals surface area contributed by atoms with Crippen LogP contribution in [0.1, 0.15) is 37.7 Å². The molecule has 1 N–H and O–H groups in total. The van der Waals surface area contributed by atoms with Crippen LogP contribution in [0.2, 0.25) is 5.02 Å².